The van der Waals surface area contributed by atoms with Gasteiger partial charge in [-0.1, -0.05) is 18.6 Å². The van der Waals surface area contributed by atoms with E-state index in [1.165, 1.54) is 15.3 Å². The topological polar surface area (TPSA) is 105 Å². The first-order chi connectivity index (χ1) is 16.4. The number of carbonyl (C=O) groups is 2. The monoisotopic (exact) mass is 487 g/mol. The van der Waals surface area contributed by atoms with Gasteiger partial charge >= 0.3 is 0 Å². The summed E-state index contributed by atoms with van der Waals surface area (Å²) in [5.74, 6) is 0.118. The number of benzene rings is 2. The molecule has 1 fully saturated rings. The van der Waals surface area contributed by atoms with Crippen LogP contribution in [0.25, 0.3) is 0 Å². The number of anilines is 2. The molecule has 0 bridgehead atoms. The van der Waals surface area contributed by atoms with Crippen molar-refractivity contribution in [2.24, 2.45) is 0 Å². The first kappa shape index (κ1) is 24.0. The zero-order valence-electron chi connectivity index (χ0n) is 19.2. The molecule has 0 radical (unpaired) electrons. The minimum atomic E-state index is -3.78. The van der Waals surface area contributed by atoms with E-state index >= 15 is 0 Å². The second-order valence-electron chi connectivity index (χ2n) is 8.15. The van der Waals surface area contributed by atoms with Gasteiger partial charge in [-0.05, 0) is 50.1 Å². The zero-order chi connectivity index (χ0) is 24.1. The van der Waals surface area contributed by atoms with Gasteiger partial charge in [0.1, 0.15) is 22.9 Å². The normalized spacial score (nSPS) is 16.9. The van der Waals surface area contributed by atoms with Crippen LogP contribution in [0, 0.1) is 0 Å². The molecule has 9 nitrogen and oxygen atoms in total. The van der Waals surface area contributed by atoms with Crippen LogP contribution < -0.4 is 19.7 Å². The number of nitrogens with zero attached hydrogens (tertiary/aromatic N) is 2. The highest BCUT2D eigenvalue weighted by molar-refractivity contribution is 7.89. The van der Waals surface area contributed by atoms with E-state index in [0.29, 0.717) is 36.8 Å². The summed E-state index contributed by atoms with van der Waals surface area (Å²) < 4.78 is 39.3. The minimum absolute atomic E-state index is 0.0265. The molecule has 2 aromatic rings. The van der Waals surface area contributed by atoms with Crippen LogP contribution in [0.5, 0.6) is 11.5 Å². The zero-order valence-corrected chi connectivity index (χ0v) is 20.0. The fraction of sp³-hybridized carbons (Fsp3) is 0.417. The lowest BCUT2D eigenvalue weighted by Gasteiger charge is -2.27. The van der Waals surface area contributed by atoms with Gasteiger partial charge in [0, 0.05) is 18.8 Å². The quantitative estimate of drug-likeness (QED) is 0.644. The van der Waals surface area contributed by atoms with Crippen molar-refractivity contribution >= 4 is 33.2 Å². The largest absolute Gasteiger partial charge is 0.492 e. The molecule has 2 heterocycles. The molecular weight excluding hydrogens is 458 g/mol. The predicted octanol–water partition coefficient (Wildman–Crippen LogP) is 3.01. The summed E-state index contributed by atoms with van der Waals surface area (Å²) in [5, 5.41) is 2.73. The summed E-state index contributed by atoms with van der Waals surface area (Å²) in [6, 6.07) is 11.6. The van der Waals surface area contributed by atoms with E-state index in [2.05, 4.69) is 5.32 Å². The third kappa shape index (κ3) is 5.18. The molecule has 0 unspecified atom stereocenters. The van der Waals surface area contributed by atoms with Crippen LogP contribution in [0.3, 0.4) is 0 Å². The number of amides is 2. The summed E-state index contributed by atoms with van der Waals surface area (Å²) in [6.07, 6.45) is 2.79. The highest BCUT2D eigenvalue weighted by Gasteiger charge is 2.30. The Labute approximate surface area is 199 Å². The van der Waals surface area contributed by atoms with Gasteiger partial charge in [-0.3, -0.25) is 14.5 Å². The predicted molar refractivity (Wildman–Crippen MR) is 128 cm³/mol. The highest BCUT2D eigenvalue weighted by Crippen LogP contribution is 2.33. The molecule has 0 atom stereocenters. The van der Waals surface area contributed by atoms with Crippen molar-refractivity contribution in [3.8, 4) is 11.5 Å². The summed E-state index contributed by atoms with van der Waals surface area (Å²) in [4.78, 5) is 26.9. The third-order valence-corrected chi connectivity index (χ3v) is 7.71. The summed E-state index contributed by atoms with van der Waals surface area (Å²) in [6.45, 7) is 3.04. The number of nitrogens with one attached hydrogen (secondary N) is 1. The Morgan fingerprint density at radius 1 is 1.12 bits per heavy atom. The number of hydrogen-bond acceptors (Lipinski definition) is 6. The Balaban J connectivity index is 1.56. The van der Waals surface area contributed by atoms with Crippen LogP contribution in [0.1, 0.15) is 32.6 Å². The summed E-state index contributed by atoms with van der Waals surface area (Å²) in [7, 11) is -3.78. The van der Waals surface area contributed by atoms with E-state index in [4.69, 9.17) is 9.47 Å². The molecule has 0 saturated carbocycles. The van der Waals surface area contributed by atoms with Crippen LogP contribution in [0.2, 0.25) is 0 Å². The molecule has 2 aliphatic heterocycles. The molecule has 0 spiro atoms. The van der Waals surface area contributed by atoms with Crippen molar-refractivity contribution in [3.63, 3.8) is 0 Å². The first-order valence-corrected chi connectivity index (χ1v) is 12.9. The number of rotatable bonds is 7. The first-order valence-electron chi connectivity index (χ1n) is 11.5. The van der Waals surface area contributed by atoms with Crippen molar-refractivity contribution < 1.29 is 27.5 Å². The fourth-order valence-electron chi connectivity index (χ4n) is 4.14. The summed E-state index contributed by atoms with van der Waals surface area (Å²) >= 11 is 0. The second-order valence-corrected chi connectivity index (χ2v) is 10.1. The van der Waals surface area contributed by atoms with E-state index in [-0.39, 0.29) is 36.1 Å². The van der Waals surface area contributed by atoms with Crippen molar-refractivity contribution in [2.45, 2.75) is 37.5 Å². The van der Waals surface area contributed by atoms with Gasteiger partial charge in [0.2, 0.25) is 21.8 Å². The van der Waals surface area contributed by atoms with E-state index in [1.807, 2.05) is 0 Å². The van der Waals surface area contributed by atoms with Gasteiger partial charge < -0.3 is 14.8 Å². The van der Waals surface area contributed by atoms with Crippen molar-refractivity contribution in [1.29, 1.82) is 0 Å². The van der Waals surface area contributed by atoms with Gasteiger partial charge in [-0.2, -0.15) is 4.31 Å². The van der Waals surface area contributed by atoms with E-state index in [1.54, 1.807) is 43.3 Å². The molecule has 1 N–H and O–H groups in total. The maximum Gasteiger partial charge on any atom is 0.246 e. The van der Waals surface area contributed by atoms with Crippen LogP contribution in [0.15, 0.2) is 47.4 Å². The van der Waals surface area contributed by atoms with Gasteiger partial charge in [0.15, 0.2) is 0 Å². The standard InChI is InChI=1S/C24H29N3O6S/c1-2-32-21-11-10-18(16-22(21)34(30,31)26-13-6-3-7-14-26)25-23(28)17-27-19-8-4-5-9-20(19)33-15-12-24(27)29/h4-5,8-11,16H,2-3,6-7,12-15,17H2,1H3,(H,25,28). The highest BCUT2D eigenvalue weighted by atomic mass is 32.2. The molecule has 2 aliphatic rings. The lowest BCUT2D eigenvalue weighted by Crippen LogP contribution is -2.38. The van der Waals surface area contributed by atoms with Gasteiger partial charge in [-0.25, -0.2) is 8.42 Å². The number of para-hydroxylation sites is 2. The van der Waals surface area contributed by atoms with E-state index in [9.17, 15) is 18.0 Å². The average molecular weight is 488 g/mol. The van der Waals surface area contributed by atoms with Gasteiger partial charge in [0.05, 0.1) is 25.3 Å². The molecule has 0 aromatic heterocycles. The van der Waals surface area contributed by atoms with Gasteiger partial charge in [0.25, 0.3) is 0 Å². The number of piperidine rings is 1. The number of carbonyl (C=O) groups excluding carboxylic acids is 2. The van der Waals surface area contributed by atoms with Crippen molar-refractivity contribution in [3.05, 3.63) is 42.5 Å². The molecule has 34 heavy (non-hydrogen) atoms. The lowest BCUT2D eigenvalue weighted by molar-refractivity contribution is -0.121. The Hall–Kier alpha value is -3.11. The van der Waals surface area contributed by atoms with Crippen molar-refractivity contribution in [1.82, 2.24) is 4.31 Å². The smallest absolute Gasteiger partial charge is 0.246 e. The van der Waals surface area contributed by atoms with Crippen molar-refractivity contribution in [2.75, 3.05) is 43.1 Å². The number of fused-ring (bicyclic) bond motifs is 1. The second kappa shape index (κ2) is 10.4. The summed E-state index contributed by atoms with van der Waals surface area (Å²) in [5.41, 5.74) is 0.844. The molecule has 182 valence electrons. The van der Waals surface area contributed by atoms with Crippen LogP contribution in [-0.2, 0) is 19.6 Å². The maximum absolute atomic E-state index is 13.3. The molecule has 2 amide bonds. The molecule has 4 rings (SSSR count). The molecular formula is C24H29N3O6S. The average Bonchev–Trinajstić information content (AvgIpc) is 2.99. The Kier molecular flexibility index (Phi) is 7.38. The fourth-order valence-corrected chi connectivity index (χ4v) is 5.82. The lowest BCUT2D eigenvalue weighted by atomic mass is 10.2. The van der Waals surface area contributed by atoms with Crippen LogP contribution >= 0.6 is 0 Å². The SMILES string of the molecule is CCOc1ccc(NC(=O)CN2C(=O)CCOc3ccccc32)cc1S(=O)(=O)N1CCCCC1. The third-order valence-electron chi connectivity index (χ3n) is 5.79. The van der Waals surface area contributed by atoms with E-state index in [0.717, 1.165) is 19.3 Å². The van der Waals surface area contributed by atoms with Crippen LogP contribution in [-0.4, -0.2) is 57.4 Å². The minimum Gasteiger partial charge on any atom is -0.492 e. The molecule has 0 aliphatic carbocycles. The number of sulfonamides is 1. The Bertz CT molecular complexity index is 1160. The molecule has 1 saturated heterocycles. The maximum atomic E-state index is 13.3. The number of ether oxygens (including phenoxy) is 2. The molecule has 10 heteroatoms. The Morgan fingerprint density at radius 2 is 1.88 bits per heavy atom. The molecule has 2 aromatic carbocycles. The van der Waals surface area contributed by atoms with Gasteiger partial charge in [-0.15, -0.1) is 0 Å². The van der Waals surface area contributed by atoms with Crippen LogP contribution in [0.4, 0.5) is 11.4 Å². The Morgan fingerprint density at radius 3 is 2.65 bits per heavy atom. The number of hydrogen-bond donors (Lipinski definition) is 1. The van der Waals surface area contributed by atoms with E-state index < -0.39 is 15.9 Å².